The Morgan fingerprint density at radius 3 is 2.79 bits per heavy atom. The molecule has 0 bridgehead atoms. The topological polar surface area (TPSA) is 29.1 Å². The maximum atomic E-state index is 11.4. The lowest BCUT2D eigenvalue weighted by Crippen LogP contribution is -2.31. The lowest BCUT2D eigenvalue weighted by molar-refractivity contribution is -0.120. The molecule has 0 aliphatic carbocycles. The van der Waals surface area contributed by atoms with Crippen LogP contribution in [0.25, 0.3) is 0 Å². The summed E-state index contributed by atoms with van der Waals surface area (Å²) in [7, 11) is 0. The molecule has 0 atom stereocenters. The van der Waals surface area contributed by atoms with Crippen molar-refractivity contribution in [3.8, 4) is 0 Å². The summed E-state index contributed by atoms with van der Waals surface area (Å²) in [5, 5.41) is 2.86. The molecule has 0 fully saturated rings. The molecule has 0 radical (unpaired) electrons. The van der Waals surface area contributed by atoms with E-state index in [0.717, 1.165) is 10.0 Å². The van der Waals surface area contributed by atoms with Crippen molar-refractivity contribution in [1.82, 2.24) is 5.32 Å². The zero-order valence-electron chi connectivity index (χ0n) is 8.38. The van der Waals surface area contributed by atoms with Crippen LogP contribution in [0, 0.1) is 0 Å². The van der Waals surface area contributed by atoms with Crippen molar-refractivity contribution in [2.75, 3.05) is 0 Å². The van der Waals surface area contributed by atoms with Crippen molar-refractivity contribution in [1.29, 1.82) is 0 Å². The minimum Gasteiger partial charge on any atom is -0.354 e. The van der Waals surface area contributed by atoms with Crippen LogP contribution in [0.3, 0.4) is 0 Å². The second-order valence-electron chi connectivity index (χ2n) is 3.53. The minimum absolute atomic E-state index is 0.0677. The fourth-order valence-electron chi connectivity index (χ4n) is 1.21. The van der Waals surface area contributed by atoms with Crippen LogP contribution in [0.4, 0.5) is 0 Å². The number of nitrogens with one attached hydrogen (secondary N) is 1. The Labute approximate surface area is 92.8 Å². The summed E-state index contributed by atoms with van der Waals surface area (Å²) < 4.78 is 1.01. The second-order valence-corrected chi connectivity index (χ2v) is 4.44. The van der Waals surface area contributed by atoms with Gasteiger partial charge in [-0.15, -0.1) is 0 Å². The molecule has 2 nitrogen and oxygen atoms in total. The molecule has 0 aliphatic rings. The van der Waals surface area contributed by atoms with Crippen LogP contribution in [-0.4, -0.2) is 11.9 Å². The molecular weight excluding hydrogens is 242 g/mol. The number of carbonyl (C=O) groups excluding carboxylic acids is 1. The minimum atomic E-state index is 0.0677. The molecule has 1 amide bonds. The van der Waals surface area contributed by atoms with Gasteiger partial charge < -0.3 is 5.32 Å². The summed E-state index contributed by atoms with van der Waals surface area (Å²) in [5.41, 5.74) is 1.03. The van der Waals surface area contributed by atoms with Gasteiger partial charge in [-0.3, -0.25) is 4.79 Å². The van der Waals surface area contributed by atoms with Crippen molar-refractivity contribution in [3.63, 3.8) is 0 Å². The van der Waals surface area contributed by atoms with Crippen molar-refractivity contribution in [2.24, 2.45) is 0 Å². The summed E-state index contributed by atoms with van der Waals surface area (Å²) in [6, 6.07) is 7.99. The van der Waals surface area contributed by atoms with Gasteiger partial charge >= 0.3 is 0 Å². The predicted molar refractivity (Wildman–Crippen MR) is 61.1 cm³/mol. The molecule has 76 valence electrons. The van der Waals surface area contributed by atoms with Gasteiger partial charge in [0.2, 0.25) is 5.91 Å². The average molecular weight is 256 g/mol. The van der Waals surface area contributed by atoms with Crippen molar-refractivity contribution in [3.05, 3.63) is 34.3 Å². The maximum Gasteiger partial charge on any atom is 0.224 e. The van der Waals surface area contributed by atoms with E-state index in [1.165, 1.54) is 0 Å². The van der Waals surface area contributed by atoms with E-state index >= 15 is 0 Å². The number of hydrogen-bond donors (Lipinski definition) is 1. The molecule has 0 saturated carbocycles. The van der Waals surface area contributed by atoms with Crippen LogP contribution in [0.5, 0.6) is 0 Å². The van der Waals surface area contributed by atoms with Gasteiger partial charge in [0.1, 0.15) is 0 Å². The van der Waals surface area contributed by atoms with Crippen molar-refractivity contribution in [2.45, 2.75) is 26.3 Å². The van der Waals surface area contributed by atoms with E-state index in [1.807, 2.05) is 38.1 Å². The van der Waals surface area contributed by atoms with E-state index in [4.69, 9.17) is 0 Å². The number of rotatable bonds is 3. The standard InChI is InChI=1S/C11H14BrNO/c1-8(2)13-11(14)7-9-4-3-5-10(12)6-9/h3-6,8H,7H2,1-2H3,(H,13,14). The molecule has 0 spiro atoms. The Morgan fingerprint density at radius 2 is 2.21 bits per heavy atom. The van der Waals surface area contributed by atoms with Gasteiger partial charge in [0.15, 0.2) is 0 Å². The summed E-state index contributed by atoms with van der Waals surface area (Å²) >= 11 is 3.37. The van der Waals surface area contributed by atoms with Crippen LogP contribution >= 0.6 is 15.9 Å². The van der Waals surface area contributed by atoms with Gasteiger partial charge in [-0.1, -0.05) is 28.1 Å². The molecule has 0 unspecified atom stereocenters. The zero-order chi connectivity index (χ0) is 10.6. The number of amides is 1. The SMILES string of the molecule is CC(C)NC(=O)Cc1cccc(Br)c1. The highest BCUT2D eigenvalue weighted by Gasteiger charge is 2.04. The van der Waals surface area contributed by atoms with E-state index < -0.39 is 0 Å². The summed E-state index contributed by atoms with van der Waals surface area (Å²) in [4.78, 5) is 11.4. The molecule has 1 N–H and O–H groups in total. The zero-order valence-corrected chi connectivity index (χ0v) is 9.97. The lowest BCUT2D eigenvalue weighted by Gasteiger charge is -2.08. The van der Waals surface area contributed by atoms with Gasteiger partial charge in [-0.05, 0) is 31.5 Å². The van der Waals surface area contributed by atoms with Gasteiger partial charge in [0.05, 0.1) is 6.42 Å². The predicted octanol–water partition coefficient (Wildman–Crippen LogP) is 2.52. The first-order valence-corrected chi connectivity index (χ1v) is 5.41. The maximum absolute atomic E-state index is 11.4. The molecule has 14 heavy (non-hydrogen) atoms. The highest BCUT2D eigenvalue weighted by molar-refractivity contribution is 9.10. The third-order valence-corrected chi connectivity index (χ3v) is 2.20. The number of benzene rings is 1. The molecule has 0 saturated heterocycles. The first-order chi connectivity index (χ1) is 6.58. The highest BCUT2D eigenvalue weighted by atomic mass is 79.9. The fraction of sp³-hybridized carbons (Fsp3) is 0.364. The van der Waals surface area contributed by atoms with Gasteiger partial charge in [0, 0.05) is 10.5 Å². The summed E-state index contributed by atoms with van der Waals surface area (Å²) in [6.45, 7) is 3.91. The Morgan fingerprint density at radius 1 is 1.50 bits per heavy atom. The van der Waals surface area contributed by atoms with E-state index in [9.17, 15) is 4.79 Å². The molecule has 0 aromatic heterocycles. The monoisotopic (exact) mass is 255 g/mol. The number of hydrogen-bond acceptors (Lipinski definition) is 1. The smallest absolute Gasteiger partial charge is 0.224 e. The first kappa shape index (κ1) is 11.2. The second kappa shape index (κ2) is 5.15. The molecule has 0 aliphatic heterocycles. The third-order valence-electron chi connectivity index (χ3n) is 1.70. The third kappa shape index (κ3) is 3.92. The number of halogens is 1. The summed E-state index contributed by atoms with van der Waals surface area (Å²) in [5.74, 6) is 0.0677. The molecule has 1 aromatic carbocycles. The molecule has 3 heteroatoms. The lowest BCUT2D eigenvalue weighted by atomic mass is 10.1. The Balaban J connectivity index is 2.56. The highest BCUT2D eigenvalue weighted by Crippen LogP contribution is 2.11. The first-order valence-electron chi connectivity index (χ1n) is 4.61. The average Bonchev–Trinajstić information content (AvgIpc) is 2.01. The van der Waals surface area contributed by atoms with E-state index in [2.05, 4.69) is 21.2 Å². The molecule has 0 heterocycles. The Hall–Kier alpha value is -0.830. The van der Waals surface area contributed by atoms with Gasteiger partial charge in [0.25, 0.3) is 0 Å². The van der Waals surface area contributed by atoms with Crippen molar-refractivity contribution < 1.29 is 4.79 Å². The molecule has 1 aromatic rings. The molecular formula is C11H14BrNO. The van der Waals surface area contributed by atoms with Crippen LogP contribution in [-0.2, 0) is 11.2 Å². The summed E-state index contributed by atoms with van der Waals surface area (Å²) in [6.07, 6.45) is 0.442. The largest absolute Gasteiger partial charge is 0.354 e. The van der Waals surface area contributed by atoms with Crippen molar-refractivity contribution >= 4 is 21.8 Å². The van der Waals surface area contributed by atoms with E-state index in [-0.39, 0.29) is 11.9 Å². The molecule has 1 rings (SSSR count). The van der Waals surface area contributed by atoms with E-state index in [0.29, 0.717) is 6.42 Å². The normalized spacial score (nSPS) is 10.3. The number of carbonyl (C=O) groups is 1. The van der Waals surface area contributed by atoms with E-state index in [1.54, 1.807) is 0 Å². The Kier molecular flexibility index (Phi) is 4.14. The van der Waals surface area contributed by atoms with Crippen LogP contribution in [0.15, 0.2) is 28.7 Å². The Bertz CT molecular complexity index is 323. The quantitative estimate of drug-likeness (QED) is 0.884. The van der Waals surface area contributed by atoms with Gasteiger partial charge in [-0.25, -0.2) is 0 Å². The van der Waals surface area contributed by atoms with Crippen LogP contribution in [0.2, 0.25) is 0 Å². The van der Waals surface area contributed by atoms with Gasteiger partial charge in [-0.2, -0.15) is 0 Å². The van der Waals surface area contributed by atoms with Crippen LogP contribution < -0.4 is 5.32 Å². The fourth-order valence-corrected chi connectivity index (χ4v) is 1.65. The van der Waals surface area contributed by atoms with Crippen LogP contribution in [0.1, 0.15) is 19.4 Å².